The fourth-order valence-electron chi connectivity index (χ4n) is 2.39. The van der Waals surface area contributed by atoms with Crippen LogP contribution in [0.2, 0.25) is 0 Å². The van der Waals surface area contributed by atoms with Crippen LogP contribution in [0.25, 0.3) is 0 Å². The summed E-state index contributed by atoms with van der Waals surface area (Å²) in [7, 11) is 0. The molecule has 0 bridgehead atoms. The van der Waals surface area contributed by atoms with Crippen molar-refractivity contribution < 1.29 is 14.3 Å². The van der Waals surface area contributed by atoms with Crippen LogP contribution in [0.1, 0.15) is 38.8 Å². The molecule has 7 heteroatoms. The number of nitrogen functional groups attached to an aromatic ring is 1. The maximum Gasteiger partial charge on any atom is 0.308 e. The van der Waals surface area contributed by atoms with E-state index in [1.807, 2.05) is 0 Å². The van der Waals surface area contributed by atoms with Gasteiger partial charge in [0.1, 0.15) is 5.69 Å². The summed E-state index contributed by atoms with van der Waals surface area (Å²) < 4.78 is 10.4. The molecular weight excluding hydrogens is 324 g/mol. The molecule has 1 atom stereocenters. The lowest BCUT2D eigenvalue weighted by molar-refractivity contribution is -0.143. The van der Waals surface area contributed by atoms with Gasteiger partial charge in [-0.25, -0.2) is 0 Å². The minimum atomic E-state index is -0.664. The largest absolute Gasteiger partial charge is 0.485 e. The lowest BCUT2D eigenvalue weighted by Crippen LogP contribution is -2.38. The van der Waals surface area contributed by atoms with Gasteiger partial charge in [-0.15, -0.1) is 0 Å². The SMILES string of the molecule is CCOC(=O)C[C@H](Nc1c(OC(C)C)c(=O)c1=O)c1ccc(N)cc1. The van der Waals surface area contributed by atoms with Crippen LogP contribution in [-0.4, -0.2) is 18.7 Å². The molecule has 0 aliphatic carbocycles. The van der Waals surface area contributed by atoms with E-state index in [1.54, 1.807) is 45.0 Å². The van der Waals surface area contributed by atoms with E-state index >= 15 is 0 Å². The second-order valence-corrected chi connectivity index (χ2v) is 5.90. The quantitative estimate of drug-likeness (QED) is 0.426. The highest BCUT2D eigenvalue weighted by Crippen LogP contribution is 2.27. The number of anilines is 2. The highest BCUT2D eigenvalue weighted by Gasteiger charge is 2.27. The number of ether oxygens (including phenoxy) is 2. The van der Waals surface area contributed by atoms with Crippen molar-refractivity contribution in [1.29, 1.82) is 0 Å². The van der Waals surface area contributed by atoms with Crippen LogP contribution in [0.3, 0.4) is 0 Å². The molecular formula is C18H22N2O5. The molecule has 2 rings (SSSR count). The first kappa shape index (κ1) is 18.5. The number of nitrogens with one attached hydrogen (secondary N) is 1. The van der Waals surface area contributed by atoms with Gasteiger partial charge in [-0.3, -0.25) is 14.4 Å². The van der Waals surface area contributed by atoms with Crippen molar-refractivity contribution in [2.75, 3.05) is 17.7 Å². The third-order valence-corrected chi connectivity index (χ3v) is 3.55. The van der Waals surface area contributed by atoms with Crippen LogP contribution >= 0.6 is 0 Å². The average Bonchev–Trinajstić information content (AvgIpc) is 2.57. The van der Waals surface area contributed by atoms with Gasteiger partial charge in [0.25, 0.3) is 10.9 Å². The molecule has 134 valence electrons. The van der Waals surface area contributed by atoms with Crippen LogP contribution in [0.5, 0.6) is 5.75 Å². The molecule has 0 aliphatic heterocycles. The Labute approximate surface area is 145 Å². The Morgan fingerprint density at radius 3 is 2.36 bits per heavy atom. The number of benzene rings is 1. The first-order valence-electron chi connectivity index (χ1n) is 8.11. The molecule has 0 radical (unpaired) electrons. The third-order valence-electron chi connectivity index (χ3n) is 3.55. The Kier molecular flexibility index (Phi) is 5.80. The lowest BCUT2D eigenvalue weighted by Gasteiger charge is -2.23. The first-order chi connectivity index (χ1) is 11.8. The Bertz CT molecular complexity index is 804. The van der Waals surface area contributed by atoms with Crippen molar-refractivity contribution >= 4 is 17.3 Å². The second kappa shape index (κ2) is 7.83. The molecule has 0 fully saturated rings. The highest BCUT2D eigenvalue weighted by molar-refractivity contribution is 5.72. The van der Waals surface area contributed by atoms with E-state index in [-0.39, 0.29) is 30.6 Å². The van der Waals surface area contributed by atoms with Crippen molar-refractivity contribution in [2.24, 2.45) is 0 Å². The summed E-state index contributed by atoms with van der Waals surface area (Å²) in [5.41, 5.74) is 5.78. The normalized spacial score (nSPS) is 12.2. The summed E-state index contributed by atoms with van der Waals surface area (Å²) >= 11 is 0. The summed E-state index contributed by atoms with van der Waals surface area (Å²) in [5, 5.41) is 2.96. The van der Waals surface area contributed by atoms with E-state index in [1.165, 1.54) is 0 Å². The molecule has 7 nitrogen and oxygen atoms in total. The maximum absolute atomic E-state index is 11.9. The van der Waals surface area contributed by atoms with Gasteiger partial charge < -0.3 is 20.5 Å². The molecule has 25 heavy (non-hydrogen) atoms. The summed E-state index contributed by atoms with van der Waals surface area (Å²) in [6.45, 7) is 5.50. The highest BCUT2D eigenvalue weighted by atomic mass is 16.5. The van der Waals surface area contributed by atoms with Crippen LogP contribution in [0, 0.1) is 0 Å². The maximum atomic E-state index is 11.9. The molecule has 0 saturated heterocycles. The van der Waals surface area contributed by atoms with E-state index in [2.05, 4.69) is 5.32 Å². The summed E-state index contributed by atoms with van der Waals surface area (Å²) in [5.74, 6) is -0.411. The zero-order valence-electron chi connectivity index (χ0n) is 14.5. The number of nitrogens with two attached hydrogens (primary N) is 1. The minimum Gasteiger partial charge on any atom is -0.485 e. The minimum absolute atomic E-state index is 0.00229. The Balaban J connectivity index is 2.29. The average molecular weight is 346 g/mol. The zero-order valence-corrected chi connectivity index (χ0v) is 14.5. The van der Waals surface area contributed by atoms with Crippen LogP contribution < -0.4 is 26.6 Å². The molecule has 0 saturated carbocycles. The topological polar surface area (TPSA) is 108 Å². The number of carbonyl (C=O) groups is 1. The molecule has 0 unspecified atom stereocenters. The van der Waals surface area contributed by atoms with Gasteiger partial charge in [0, 0.05) is 5.69 Å². The molecule has 2 aromatic carbocycles. The van der Waals surface area contributed by atoms with Crippen LogP contribution in [-0.2, 0) is 9.53 Å². The molecule has 0 aromatic heterocycles. The standard InChI is InChI=1S/C18H22N2O5/c1-4-24-14(21)9-13(11-5-7-12(19)8-6-11)20-15-16(22)17(23)18(15)25-10(2)3/h5-8,10,13,20H,4,9,19H2,1-3H3/t13-/m0/s1. The van der Waals surface area contributed by atoms with E-state index in [4.69, 9.17) is 15.2 Å². The van der Waals surface area contributed by atoms with E-state index in [0.29, 0.717) is 5.69 Å². The van der Waals surface area contributed by atoms with Crippen molar-refractivity contribution in [3.8, 4) is 5.75 Å². The third kappa shape index (κ3) is 4.37. The Morgan fingerprint density at radius 2 is 1.80 bits per heavy atom. The summed E-state index contributed by atoms with van der Waals surface area (Å²) in [6.07, 6.45) is -0.249. The smallest absolute Gasteiger partial charge is 0.308 e. The molecule has 0 aliphatic rings. The van der Waals surface area contributed by atoms with Gasteiger partial charge in [-0.1, -0.05) is 12.1 Å². The number of hydrogen-bond donors (Lipinski definition) is 2. The van der Waals surface area contributed by atoms with Crippen molar-refractivity contribution in [3.05, 3.63) is 50.3 Å². The molecule has 2 aromatic rings. The predicted octanol–water partition coefficient (Wildman–Crippen LogP) is 1.76. The van der Waals surface area contributed by atoms with E-state index in [0.717, 1.165) is 5.56 Å². The Hall–Kier alpha value is -2.83. The van der Waals surface area contributed by atoms with E-state index < -0.39 is 22.9 Å². The first-order valence-corrected chi connectivity index (χ1v) is 8.11. The van der Waals surface area contributed by atoms with Crippen LogP contribution in [0.15, 0.2) is 33.9 Å². The molecule has 0 amide bonds. The number of esters is 1. The van der Waals surface area contributed by atoms with Crippen molar-refractivity contribution in [3.63, 3.8) is 0 Å². The van der Waals surface area contributed by atoms with E-state index in [9.17, 15) is 14.4 Å². The molecule has 0 heterocycles. The molecule has 0 spiro atoms. The monoisotopic (exact) mass is 346 g/mol. The van der Waals surface area contributed by atoms with Gasteiger partial charge in [0.15, 0.2) is 5.75 Å². The summed E-state index contributed by atoms with van der Waals surface area (Å²) in [6, 6.07) is 6.35. The fraction of sp³-hybridized carbons (Fsp3) is 0.389. The number of carbonyl (C=O) groups excluding carboxylic acids is 1. The second-order valence-electron chi connectivity index (χ2n) is 5.90. The van der Waals surface area contributed by atoms with Gasteiger partial charge in [0.05, 0.1) is 25.2 Å². The van der Waals surface area contributed by atoms with Crippen molar-refractivity contribution in [1.82, 2.24) is 0 Å². The predicted molar refractivity (Wildman–Crippen MR) is 95.6 cm³/mol. The fourth-order valence-corrected chi connectivity index (χ4v) is 2.39. The number of hydrogen-bond acceptors (Lipinski definition) is 7. The van der Waals surface area contributed by atoms with Gasteiger partial charge in [0.2, 0.25) is 0 Å². The Morgan fingerprint density at radius 1 is 1.16 bits per heavy atom. The number of rotatable bonds is 8. The van der Waals surface area contributed by atoms with Crippen LogP contribution in [0.4, 0.5) is 11.4 Å². The zero-order chi connectivity index (χ0) is 18.6. The molecule has 3 N–H and O–H groups in total. The van der Waals surface area contributed by atoms with Gasteiger partial charge >= 0.3 is 5.97 Å². The van der Waals surface area contributed by atoms with Crippen molar-refractivity contribution in [2.45, 2.75) is 39.3 Å². The van der Waals surface area contributed by atoms with Gasteiger partial charge in [-0.2, -0.15) is 0 Å². The lowest BCUT2D eigenvalue weighted by atomic mass is 10.0. The summed E-state index contributed by atoms with van der Waals surface area (Å²) in [4.78, 5) is 35.5. The van der Waals surface area contributed by atoms with Gasteiger partial charge in [-0.05, 0) is 38.5 Å².